The Kier molecular flexibility index (Phi) is 5.01. The average Bonchev–Trinajstić information content (AvgIpc) is 2.53. The van der Waals surface area contributed by atoms with Crippen molar-refractivity contribution in [2.24, 2.45) is 0 Å². The molecule has 0 unspecified atom stereocenters. The molecule has 0 aliphatic heterocycles. The summed E-state index contributed by atoms with van der Waals surface area (Å²) in [6.45, 7) is 1.78. The number of benzene rings is 2. The maximum absolute atomic E-state index is 13.3. The Morgan fingerprint density at radius 2 is 1.68 bits per heavy atom. The fraction of sp³-hybridized carbons (Fsp3) is 0.0588. The van der Waals surface area contributed by atoms with Crippen LogP contribution in [0.5, 0.6) is 0 Å². The van der Waals surface area contributed by atoms with E-state index >= 15 is 0 Å². The van der Waals surface area contributed by atoms with Crippen LogP contribution in [0.3, 0.4) is 0 Å². The van der Waals surface area contributed by atoms with Crippen LogP contribution >= 0.6 is 23.2 Å². The second kappa shape index (κ2) is 7.21. The highest BCUT2D eigenvalue weighted by molar-refractivity contribution is 6.36. The first kappa shape index (κ1) is 17.4. The minimum Gasteiger partial charge on any atom is -0.340 e. The fourth-order valence-corrected chi connectivity index (χ4v) is 2.58. The molecule has 0 saturated carbocycles. The Morgan fingerprint density at radius 3 is 2.40 bits per heavy atom. The van der Waals surface area contributed by atoms with E-state index in [9.17, 15) is 8.78 Å². The van der Waals surface area contributed by atoms with E-state index in [2.05, 4.69) is 20.6 Å². The van der Waals surface area contributed by atoms with Crippen LogP contribution in [0.2, 0.25) is 10.0 Å². The van der Waals surface area contributed by atoms with E-state index in [1.54, 1.807) is 31.2 Å². The van der Waals surface area contributed by atoms with Gasteiger partial charge < -0.3 is 10.6 Å². The third-order valence-corrected chi connectivity index (χ3v) is 3.77. The highest BCUT2D eigenvalue weighted by Crippen LogP contribution is 2.28. The van der Waals surface area contributed by atoms with Gasteiger partial charge in [-0.1, -0.05) is 23.2 Å². The van der Waals surface area contributed by atoms with Gasteiger partial charge in [-0.25, -0.2) is 13.8 Å². The van der Waals surface area contributed by atoms with E-state index in [0.29, 0.717) is 38.9 Å². The summed E-state index contributed by atoms with van der Waals surface area (Å²) in [6.07, 6.45) is 0. The first-order valence-corrected chi connectivity index (χ1v) is 7.96. The Balaban J connectivity index is 1.86. The quantitative estimate of drug-likeness (QED) is 0.595. The molecular weight excluding hydrogens is 369 g/mol. The number of hydrogen-bond acceptors (Lipinski definition) is 4. The Morgan fingerprint density at radius 1 is 0.880 bits per heavy atom. The van der Waals surface area contributed by atoms with E-state index in [0.717, 1.165) is 12.1 Å². The van der Waals surface area contributed by atoms with Crippen molar-refractivity contribution in [3.8, 4) is 0 Å². The summed E-state index contributed by atoms with van der Waals surface area (Å²) < 4.78 is 26.3. The minimum absolute atomic E-state index is 0.300. The number of nitrogens with one attached hydrogen (secondary N) is 2. The van der Waals surface area contributed by atoms with Crippen molar-refractivity contribution in [3.05, 3.63) is 69.8 Å². The number of halogens is 4. The Labute approximate surface area is 152 Å². The van der Waals surface area contributed by atoms with Gasteiger partial charge in [0.1, 0.15) is 5.82 Å². The van der Waals surface area contributed by atoms with E-state index in [4.69, 9.17) is 23.2 Å². The van der Waals surface area contributed by atoms with Gasteiger partial charge in [0.25, 0.3) is 0 Å². The molecule has 0 atom stereocenters. The molecule has 4 nitrogen and oxygen atoms in total. The van der Waals surface area contributed by atoms with Gasteiger partial charge in [-0.2, -0.15) is 4.98 Å². The summed E-state index contributed by atoms with van der Waals surface area (Å²) in [5.41, 5.74) is 1.63. The molecule has 2 aromatic carbocycles. The summed E-state index contributed by atoms with van der Waals surface area (Å²) >= 11 is 12.0. The molecule has 0 spiro atoms. The van der Waals surface area contributed by atoms with Crippen molar-refractivity contribution in [2.45, 2.75) is 6.92 Å². The first-order chi connectivity index (χ1) is 11.9. The third-order valence-electron chi connectivity index (χ3n) is 3.22. The second-order valence-electron chi connectivity index (χ2n) is 5.22. The molecule has 1 heterocycles. The molecule has 0 aliphatic rings. The van der Waals surface area contributed by atoms with E-state index in [1.807, 2.05) is 0 Å². The van der Waals surface area contributed by atoms with Crippen LogP contribution in [-0.2, 0) is 0 Å². The number of hydrogen-bond donors (Lipinski definition) is 2. The lowest BCUT2D eigenvalue weighted by Crippen LogP contribution is -2.03. The molecule has 0 saturated heterocycles. The Hall–Kier alpha value is -2.44. The summed E-state index contributed by atoms with van der Waals surface area (Å²) in [5, 5.41) is 6.85. The van der Waals surface area contributed by atoms with Crippen LogP contribution in [0.15, 0.2) is 42.5 Å². The molecule has 2 N–H and O–H groups in total. The lowest BCUT2D eigenvalue weighted by atomic mass is 10.3. The highest BCUT2D eigenvalue weighted by atomic mass is 35.5. The number of aryl methyl sites for hydroxylation is 1. The molecule has 25 heavy (non-hydrogen) atoms. The maximum atomic E-state index is 13.3. The monoisotopic (exact) mass is 380 g/mol. The van der Waals surface area contributed by atoms with Crippen LogP contribution in [0.1, 0.15) is 5.69 Å². The fourth-order valence-electron chi connectivity index (χ4n) is 2.12. The molecule has 3 aromatic rings. The summed E-state index contributed by atoms with van der Waals surface area (Å²) in [4.78, 5) is 8.58. The van der Waals surface area contributed by atoms with Crippen LogP contribution in [0.4, 0.5) is 31.9 Å². The van der Waals surface area contributed by atoms with Gasteiger partial charge in [0, 0.05) is 28.5 Å². The molecule has 0 bridgehead atoms. The van der Waals surface area contributed by atoms with Gasteiger partial charge in [0.15, 0.2) is 11.6 Å². The zero-order chi connectivity index (χ0) is 18.0. The van der Waals surface area contributed by atoms with Crippen LogP contribution in [-0.4, -0.2) is 9.97 Å². The van der Waals surface area contributed by atoms with Crippen molar-refractivity contribution in [1.29, 1.82) is 0 Å². The SMILES string of the molecule is Cc1cc(Nc2ccc(F)c(F)c2)nc(Nc2ccc(Cl)cc2Cl)n1. The molecule has 0 fully saturated rings. The van der Waals surface area contributed by atoms with Gasteiger partial charge >= 0.3 is 0 Å². The average molecular weight is 381 g/mol. The molecule has 1 aromatic heterocycles. The molecule has 0 amide bonds. The number of anilines is 4. The summed E-state index contributed by atoms with van der Waals surface area (Å²) in [5.74, 6) is -1.13. The van der Waals surface area contributed by atoms with E-state index < -0.39 is 11.6 Å². The largest absolute Gasteiger partial charge is 0.340 e. The minimum atomic E-state index is -0.943. The first-order valence-electron chi connectivity index (χ1n) is 7.20. The number of rotatable bonds is 4. The molecule has 128 valence electrons. The summed E-state index contributed by atoms with van der Waals surface area (Å²) in [6, 6.07) is 10.2. The van der Waals surface area contributed by atoms with E-state index in [-0.39, 0.29) is 0 Å². The van der Waals surface area contributed by atoms with Crippen molar-refractivity contribution in [3.63, 3.8) is 0 Å². The van der Waals surface area contributed by atoms with Crippen LogP contribution in [0.25, 0.3) is 0 Å². The number of aromatic nitrogens is 2. The van der Waals surface area contributed by atoms with Crippen LogP contribution in [0, 0.1) is 18.6 Å². The van der Waals surface area contributed by atoms with Gasteiger partial charge in [-0.05, 0) is 37.3 Å². The van der Waals surface area contributed by atoms with Gasteiger partial charge in [-0.15, -0.1) is 0 Å². The lowest BCUT2D eigenvalue weighted by Gasteiger charge is -2.11. The molecule has 0 aliphatic carbocycles. The van der Waals surface area contributed by atoms with E-state index in [1.165, 1.54) is 6.07 Å². The van der Waals surface area contributed by atoms with Crippen LogP contribution < -0.4 is 10.6 Å². The number of nitrogens with zero attached hydrogens (tertiary/aromatic N) is 2. The predicted octanol–water partition coefficient (Wildman–Crippen LogP) is 5.86. The standard InChI is InChI=1S/C17H12Cl2F2N4/c1-9-6-16(23-11-3-4-13(20)14(21)8-11)25-17(22-9)24-15-5-2-10(18)7-12(15)19/h2-8H,1H3,(H2,22,23,24,25). The molecule has 8 heteroatoms. The lowest BCUT2D eigenvalue weighted by molar-refractivity contribution is 0.509. The van der Waals surface area contributed by atoms with Gasteiger partial charge in [0.05, 0.1) is 10.7 Å². The molecular formula is C17H12Cl2F2N4. The molecule has 3 rings (SSSR count). The molecule has 0 radical (unpaired) electrons. The van der Waals surface area contributed by atoms with Crippen molar-refractivity contribution in [2.75, 3.05) is 10.6 Å². The second-order valence-corrected chi connectivity index (χ2v) is 6.06. The smallest absolute Gasteiger partial charge is 0.229 e. The predicted molar refractivity (Wildman–Crippen MR) is 96.2 cm³/mol. The van der Waals surface area contributed by atoms with Crippen molar-refractivity contribution >= 4 is 46.3 Å². The van der Waals surface area contributed by atoms with Gasteiger partial charge in [-0.3, -0.25) is 0 Å². The van der Waals surface area contributed by atoms with Gasteiger partial charge in [0.2, 0.25) is 5.95 Å². The zero-order valence-corrected chi connectivity index (χ0v) is 14.5. The van der Waals surface area contributed by atoms with Crippen molar-refractivity contribution < 1.29 is 8.78 Å². The third kappa shape index (κ3) is 4.35. The normalized spacial score (nSPS) is 10.6. The van der Waals surface area contributed by atoms with Crippen molar-refractivity contribution in [1.82, 2.24) is 9.97 Å². The zero-order valence-electron chi connectivity index (χ0n) is 12.9. The maximum Gasteiger partial charge on any atom is 0.229 e. The Bertz CT molecular complexity index is 935. The topological polar surface area (TPSA) is 49.8 Å². The summed E-state index contributed by atoms with van der Waals surface area (Å²) in [7, 11) is 0. The highest BCUT2D eigenvalue weighted by Gasteiger charge is 2.08.